The van der Waals surface area contributed by atoms with Crippen LogP contribution in [0.15, 0.2) is 97.1 Å². The molecule has 0 saturated heterocycles. The summed E-state index contributed by atoms with van der Waals surface area (Å²) in [5.41, 5.74) is 3.05. The average Bonchev–Trinajstić information content (AvgIpc) is 2.72. The molecule has 0 amide bonds. The molecule has 0 N–H and O–H groups in total. The maximum Gasteiger partial charge on any atom is 0.185 e. The van der Waals surface area contributed by atoms with Gasteiger partial charge in [0.15, 0.2) is 11.6 Å². The minimum atomic E-state index is -0.0901. The van der Waals surface area contributed by atoms with E-state index in [1.54, 1.807) is 48.6 Å². The van der Waals surface area contributed by atoms with Gasteiger partial charge in [-0.15, -0.1) is 0 Å². The first-order valence-corrected chi connectivity index (χ1v) is 8.37. The lowest BCUT2D eigenvalue weighted by Crippen LogP contribution is -1.98. The molecule has 0 aliphatic rings. The van der Waals surface area contributed by atoms with E-state index < -0.39 is 0 Å². The molecule has 0 radical (unpaired) electrons. The van der Waals surface area contributed by atoms with Gasteiger partial charge >= 0.3 is 0 Å². The van der Waals surface area contributed by atoms with Crippen LogP contribution in [-0.4, -0.2) is 11.6 Å². The van der Waals surface area contributed by atoms with Crippen molar-refractivity contribution in [2.24, 2.45) is 0 Å². The van der Waals surface area contributed by atoms with Crippen molar-refractivity contribution in [2.75, 3.05) is 0 Å². The third kappa shape index (κ3) is 4.74. The first-order valence-electron chi connectivity index (χ1n) is 8.37. The largest absolute Gasteiger partial charge is 0.289 e. The molecule has 0 fully saturated rings. The average molecular weight is 338 g/mol. The highest BCUT2D eigenvalue weighted by molar-refractivity contribution is 6.09. The summed E-state index contributed by atoms with van der Waals surface area (Å²) < 4.78 is 0. The minimum absolute atomic E-state index is 0.0901. The summed E-state index contributed by atoms with van der Waals surface area (Å²) in [6, 6.07) is 26.0. The van der Waals surface area contributed by atoms with Gasteiger partial charge in [0.25, 0.3) is 0 Å². The zero-order chi connectivity index (χ0) is 18.2. The highest BCUT2D eigenvalue weighted by Crippen LogP contribution is 2.10. The zero-order valence-corrected chi connectivity index (χ0v) is 14.2. The molecule has 3 aromatic rings. The Morgan fingerprint density at radius 1 is 0.500 bits per heavy atom. The lowest BCUT2D eigenvalue weighted by molar-refractivity contribution is 0.103. The van der Waals surface area contributed by atoms with Crippen molar-refractivity contribution in [3.63, 3.8) is 0 Å². The molecule has 0 unspecified atom stereocenters. The lowest BCUT2D eigenvalue weighted by Gasteiger charge is -1.99. The molecule has 3 aromatic carbocycles. The second-order valence-electron chi connectivity index (χ2n) is 5.79. The van der Waals surface area contributed by atoms with E-state index in [0.29, 0.717) is 11.1 Å². The fourth-order valence-electron chi connectivity index (χ4n) is 2.46. The first kappa shape index (κ1) is 17.3. The Kier molecular flexibility index (Phi) is 5.69. The smallest absolute Gasteiger partial charge is 0.185 e. The Morgan fingerprint density at radius 3 is 1.19 bits per heavy atom. The summed E-state index contributed by atoms with van der Waals surface area (Å²) in [6.07, 6.45) is 6.65. The molecular weight excluding hydrogens is 320 g/mol. The number of benzene rings is 3. The molecule has 2 nitrogen and oxygen atoms in total. The van der Waals surface area contributed by atoms with Crippen LogP contribution in [0.2, 0.25) is 0 Å². The molecule has 2 heteroatoms. The van der Waals surface area contributed by atoms with E-state index in [1.165, 1.54) is 0 Å². The van der Waals surface area contributed by atoms with Gasteiger partial charge in [0.05, 0.1) is 0 Å². The van der Waals surface area contributed by atoms with Crippen LogP contribution in [0.1, 0.15) is 31.8 Å². The molecule has 0 heterocycles. The van der Waals surface area contributed by atoms with Gasteiger partial charge in [-0.3, -0.25) is 9.59 Å². The fraction of sp³-hybridized carbons (Fsp3) is 0. The summed E-state index contributed by atoms with van der Waals surface area (Å²) in [4.78, 5) is 24.4. The molecule has 0 aliphatic heterocycles. The highest BCUT2D eigenvalue weighted by Gasteiger charge is 2.05. The van der Waals surface area contributed by atoms with Crippen molar-refractivity contribution < 1.29 is 9.59 Å². The van der Waals surface area contributed by atoms with Crippen molar-refractivity contribution in [1.82, 2.24) is 0 Å². The number of carbonyl (C=O) groups excluding carboxylic acids is 2. The van der Waals surface area contributed by atoms with E-state index in [1.807, 2.05) is 60.7 Å². The Hall–Kier alpha value is -3.52. The van der Waals surface area contributed by atoms with Crippen LogP contribution in [-0.2, 0) is 0 Å². The summed E-state index contributed by atoms with van der Waals surface area (Å²) in [5.74, 6) is -0.180. The standard InChI is InChI=1S/C24H18O2/c25-23(17-11-19-7-3-1-4-8-19)21-13-15-22(16-14-21)24(26)18-12-20-9-5-2-6-10-20/h1-18H/b17-11-,18-12-. The third-order valence-corrected chi connectivity index (χ3v) is 3.91. The Balaban J connectivity index is 1.66. The van der Waals surface area contributed by atoms with Crippen LogP contribution in [0.25, 0.3) is 12.2 Å². The van der Waals surface area contributed by atoms with Crippen LogP contribution in [0.3, 0.4) is 0 Å². The Bertz CT molecular complexity index is 854. The summed E-state index contributed by atoms with van der Waals surface area (Å²) in [7, 11) is 0. The van der Waals surface area contributed by atoms with E-state index in [-0.39, 0.29) is 11.6 Å². The molecule has 126 valence electrons. The molecule has 0 aliphatic carbocycles. The van der Waals surface area contributed by atoms with Gasteiger partial charge in [-0.2, -0.15) is 0 Å². The number of hydrogen-bond acceptors (Lipinski definition) is 2. The summed E-state index contributed by atoms with van der Waals surface area (Å²) >= 11 is 0. The SMILES string of the molecule is O=C(/C=C\c1ccccc1)c1ccc(C(=O)/C=C\c2ccccc2)cc1. The maximum atomic E-state index is 12.2. The fourth-order valence-corrected chi connectivity index (χ4v) is 2.46. The first-order chi connectivity index (χ1) is 12.7. The number of ketones is 2. The third-order valence-electron chi connectivity index (χ3n) is 3.91. The van der Waals surface area contributed by atoms with Gasteiger partial charge in [-0.25, -0.2) is 0 Å². The number of rotatable bonds is 6. The van der Waals surface area contributed by atoms with E-state index in [4.69, 9.17) is 0 Å². The van der Waals surface area contributed by atoms with Crippen LogP contribution in [0, 0.1) is 0 Å². The van der Waals surface area contributed by atoms with E-state index >= 15 is 0 Å². The lowest BCUT2D eigenvalue weighted by atomic mass is 10.0. The second-order valence-corrected chi connectivity index (χ2v) is 5.79. The zero-order valence-electron chi connectivity index (χ0n) is 14.2. The Morgan fingerprint density at radius 2 is 0.846 bits per heavy atom. The van der Waals surface area contributed by atoms with E-state index in [0.717, 1.165) is 11.1 Å². The summed E-state index contributed by atoms with van der Waals surface area (Å²) in [5, 5.41) is 0. The van der Waals surface area contributed by atoms with Gasteiger partial charge < -0.3 is 0 Å². The number of carbonyl (C=O) groups is 2. The monoisotopic (exact) mass is 338 g/mol. The predicted octanol–water partition coefficient (Wildman–Crippen LogP) is 5.48. The molecule has 0 aromatic heterocycles. The molecule has 0 atom stereocenters. The molecule has 0 spiro atoms. The quantitative estimate of drug-likeness (QED) is 0.440. The number of hydrogen-bond donors (Lipinski definition) is 0. The second kappa shape index (κ2) is 8.54. The minimum Gasteiger partial charge on any atom is -0.289 e. The van der Waals surface area contributed by atoms with Crippen molar-refractivity contribution in [1.29, 1.82) is 0 Å². The van der Waals surface area contributed by atoms with E-state index in [2.05, 4.69) is 0 Å². The van der Waals surface area contributed by atoms with E-state index in [9.17, 15) is 9.59 Å². The van der Waals surface area contributed by atoms with Gasteiger partial charge in [0.1, 0.15) is 0 Å². The predicted molar refractivity (Wildman–Crippen MR) is 106 cm³/mol. The van der Waals surface area contributed by atoms with Crippen molar-refractivity contribution in [3.05, 3.63) is 119 Å². The van der Waals surface area contributed by atoms with Crippen LogP contribution in [0.5, 0.6) is 0 Å². The molecule has 3 rings (SSSR count). The Labute approximate surface area is 153 Å². The maximum absolute atomic E-state index is 12.2. The van der Waals surface area contributed by atoms with Crippen molar-refractivity contribution >= 4 is 23.7 Å². The molecular formula is C24H18O2. The number of allylic oxidation sites excluding steroid dienone is 2. The van der Waals surface area contributed by atoms with Crippen LogP contribution in [0.4, 0.5) is 0 Å². The molecule has 0 saturated carbocycles. The van der Waals surface area contributed by atoms with Crippen LogP contribution >= 0.6 is 0 Å². The topological polar surface area (TPSA) is 34.1 Å². The highest BCUT2D eigenvalue weighted by atomic mass is 16.1. The van der Waals surface area contributed by atoms with Gasteiger partial charge in [-0.1, -0.05) is 97.1 Å². The van der Waals surface area contributed by atoms with Crippen molar-refractivity contribution in [2.45, 2.75) is 0 Å². The summed E-state index contributed by atoms with van der Waals surface area (Å²) in [6.45, 7) is 0. The normalized spacial score (nSPS) is 11.1. The van der Waals surface area contributed by atoms with Gasteiger partial charge in [-0.05, 0) is 23.3 Å². The van der Waals surface area contributed by atoms with Gasteiger partial charge in [0.2, 0.25) is 0 Å². The van der Waals surface area contributed by atoms with Crippen molar-refractivity contribution in [3.8, 4) is 0 Å². The molecule has 0 bridgehead atoms. The van der Waals surface area contributed by atoms with Gasteiger partial charge in [0, 0.05) is 11.1 Å². The molecule has 26 heavy (non-hydrogen) atoms. The van der Waals surface area contributed by atoms with Crippen LogP contribution < -0.4 is 0 Å².